The van der Waals surface area contributed by atoms with Crippen molar-refractivity contribution in [1.82, 2.24) is 4.90 Å². The Kier molecular flexibility index (Phi) is 6.44. The number of ether oxygens (including phenoxy) is 3. The van der Waals surface area contributed by atoms with E-state index in [1.807, 2.05) is 0 Å². The fourth-order valence-corrected chi connectivity index (χ4v) is 1.74. The molecule has 1 aromatic rings. The zero-order chi connectivity index (χ0) is 16.7. The summed E-state index contributed by atoms with van der Waals surface area (Å²) in [6.45, 7) is 1.53. The summed E-state index contributed by atoms with van der Waals surface area (Å²) in [7, 11) is 6.29. The molecule has 0 aliphatic rings. The van der Waals surface area contributed by atoms with Crippen LogP contribution in [0.15, 0.2) is 24.3 Å². The molecular weight excluding hydrogens is 286 g/mol. The van der Waals surface area contributed by atoms with Gasteiger partial charge in [0.25, 0.3) is 5.91 Å². The van der Waals surface area contributed by atoms with E-state index in [4.69, 9.17) is 14.2 Å². The summed E-state index contributed by atoms with van der Waals surface area (Å²) in [5.74, 6) is 0.354. The lowest BCUT2D eigenvalue weighted by molar-refractivity contribution is -0.153. The third-order valence-corrected chi connectivity index (χ3v) is 2.92. The summed E-state index contributed by atoms with van der Waals surface area (Å²) >= 11 is 0. The number of rotatable bonds is 6. The fourth-order valence-electron chi connectivity index (χ4n) is 1.74. The van der Waals surface area contributed by atoms with E-state index in [0.29, 0.717) is 17.1 Å². The number of carbonyl (C=O) groups excluding carboxylic acids is 2. The van der Waals surface area contributed by atoms with Crippen molar-refractivity contribution in [3.63, 3.8) is 0 Å². The minimum Gasteiger partial charge on any atom is -0.497 e. The minimum absolute atomic E-state index is 0.274. The molecule has 0 aliphatic carbocycles. The number of hydrogen-bond acceptors (Lipinski definition) is 5. The summed E-state index contributed by atoms with van der Waals surface area (Å²) in [4.78, 5) is 24.7. The van der Waals surface area contributed by atoms with Crippen molar-refractivity contribution in [3.05, 3.63) is 29.8 Å². The largest absolute Gasteiger partial charge is 0.497 e. The molecule has 120 valence electrons. The minimum atomic E-state index is -0.829. The lowest BCUT2D eigenvalue weighted by atomic mass is 10.1. The Labute approximate surface area is 130 Å². The normalized spacial score (nSPS) is 11.9. The number of esters is 1. The number of nitrogens with zero attached hydrogens (tertiary/aromatic N) is 1. The SMILES string of the molecule is COc1ccc(/C=C/C(=O)O[C@H](C)C(=O)N(C)C)c(OC)c1. The average molecular weight is 307 g/mol. The van der Waals surface area contributed by atoms with Crippen LogP contribution in [0.2, 0.25) is 0 Å². The molecule has 0 saturated carbocycles. The molecule has 1 rings (SSSR count). The third-order valence-electron chi connectivity index (χ3n) is 2.92. The Morgan fingerprint density at radius 2 is 1.86 bits per heavy atom. The molecule has 22 heavy (non-hydrogen) atoms. The van der Waals surface area contributed by atoms with Gasteiger partial charge in [0.2, 0.25) is 0 Å². The van der Waals surface area contributed by atoms with Gasteiger partial charge in [0.05, 0.1) is 14.2 Å². The summed E-state index contributed by atoms with van der Waals surface area (Å²) in [5, 5.41) is 0. The van der Waals surface area contributed by atoms with Gasteiger partial charge in [-0.25, -0.2) is 4.79 Å². The van der Waals surface area contributed by atoms with Crippen LogP contribution < -0.4 is 9.47 Å². The highest BCUT2D eigenvalue weighted by atomic mass is 16.5. The molecule has 0 heterocycles. The van der Waals surface area contributed by atoms with Gasteiger partial charge in [-0.3, -0.25) is 4.79 Å². The van der Waals surface area contributed by atoms with Gasteiger partial charge < -0.3 is 19.1 Å². The topological polar surface area (TPSA) is 65.1 Å². The van der Waals surface area contributed by atoms with Crippen LogP contribution in [0.4, 0.5) is 0 Å². The first-order chi connectivity index (χ1) is 10.4. The van der Waals surface area contributed by atoms with Gasteiger partial charge in [-0.05, 0) is 25.1 Å². The van der Waals surface area contributed by atoms with Crippen LogP contribution >= 0.6 is 0 Å². The third kappa shape index (κ3) is 4.80. The molecule has 0 saturated heterocycles. The van der Waals surface area contributed by atoms with Gasteiger partial charge in [-0.1, -0.05) is 0 Å². The van der Waals surface area contributed by atoms with E-state index in [0.717, 1.165) is 0 Å². The predicted octanol–water partition coefficient (Wildman–Crippen LogP) is 1.74. The summed E-state index contributed by atoms with van der Waals surface area (Å²) in [6.07, 6.45) is 1.99. The standard InChI is InChI=1S/C16H21NO5/c1-11(16(19)17(2)3)22-15(18)9-7-12-6-8-13(20-4)10-14(12)21-5/h6-11H,1-5H3/b9-7+/t11-/m1/s1. The summed E-state index contributed by atoms with van der Waals surface area (Å²) < 4.78 is 15.4. The summed E-state index contributed by atoms with van der Waals surface area (Å²) in [5.41, 5.74) is 0.701. The Morgan fingerprint density at radius 1 is 1.18 bits per heavy atom. The van der Waals surface area contributed by atoms with E-state index in [2.05, 4.69) is 0 Å². The van der Waals surface area contributed by atoms with Gasteiger partial charge in [-0.15, -0.1) is 0 Å². The van der Waals surface area contributed by atoms with Crippen molar-refractivity contribution in [2.45, 2.75) is 13.0 Å². The van der Waals surface area contributed by atoms with Crippen molar-refractivity contribution in [3.8, 4) is 11.5 Å². The molecule has 0 aromatic heterocycles. The molecule has 0 bridgehead atoms. The molecule has 0 radical (unpaired) electrons. The van der Waals surface area contributed by atoms with E-state index >= 15 is 0 Å². The highest BCUT2D eigenvalue weighted by Crippen LogP contribution is 2.25. The first-order valence-corrected chi connectivity index (χ1v) is 6.71. The van der Waals surface area contributed by atoms with Crippen molar-refractivity contribution in [2.24, 2.45) is 0 Å². The van der Waals surface area contributed by atoms with Crippen molar-refractivity contribution in [2.75, 3.05) is 28.3 Å². The Balaban J connectivity index is 2.76. The molecule has 1 amide bonds. The van der Waals surface area contributed by atoms with Crippen LogP contribution in [-0.4, -0.2) is 51.2 Å². The zero-order valence-corrected chi connectivity index (χ0v) is 13.5. The lowest BCUT2D eigenvalue weighted by Gasteiger charge is -2.16. The second-order valence-corrected chi connectivity index (χ2v) is 4.75. The van der Waals surface area contributed by atoms with Gasteiger partial charge >= 0.3 is 5.97 Å². The molecule has 0 N–H and O–H groups in total. The van der Waals surface area contributed by atoms with E-state index < -0.39 is 12.1 Å². The molecule has 0 aliphatic heterocycles. The van der Waals surface area contributed by atoms with Crippen LogP contribution in [0.1, 0.15) is 12.5 Å². The number of hydrogen-bond donors (Lipinski definition) is 0. The maximum absolute atomic E-state index is 11.7. The van der Waals surface area contributed by atoms with Crippen LogP contribution in [0.25, 0.3) is 6.08 Å². The van der Waals surface area contributed by atoms with Gasteiger partial charge in [0, 0.05) is 31.8 Å². The zero-order valence-electron chi connectivity index (χ0n) is 13.5. The molecule has 1 aromatic carbocycles. The molecule has 1 atom stereocenters. The molecule has 6 nitrogen and oxygen atoms in total. The number of likely N-dealkylation sites (N-methyl/N-ethyl adjacent to an activating group) is 1. The van der Waals surface area contributed by atoms with Crippen molar-refractivity contribution >= 4 is 18.0 Å². The molecule has 6 heteroatoms. The number of benzene rings is 1. The first-order valence-electron chi connectivity index (χ1n) is 6.71. The Morgan fingerprint density at radius 3 is 2.41 bits per heavy atom. The second kappa shape index (κ2) is 8.07. The van der Waals surface area contributed by atoms with E-state index in [9.17, 15) is 9.59 Å². The number of methoxy groups -OCH3 is 2. The Bertz CT molecular complexity index is 566. The van der Waals surface area contributed by atoms with Gasteiger partial charge in [-0.2, -0.15) is 0 Å². The number of carbonyl (C=O) groups is 2. The smallest absolute Gasteiger partial charge is 0.331 e. The quantitative estimate of drug-likeness (QED) is 0.591. The predicted molar refractivity (Wildman–Crippen MR) is 82.8 cm³/mol. The maximum atomic E-state index is 11.7. The van der Waals surface area contributed by atoms with E-state index in [1.54, 1.807) is 45.5 Å². The Hall–Kier alpha value is -2.50. The summed E-state index contributed by atoms with van der Waals surface area (Å²) in [6, 6.07) is 5.23. The van der Waals surface area contributed by atoms with Crippen molar-refractivity contribution in [1.29, 1.82) is 0 Å². The van der Waals surface area contributed by atoms with Crippen LogP contribution in [-0.2, 0) is 14.3 Å². The van der Waals surface area contributed by atoms with E-state index in [1.165, 1.54) is 25.0 Å². The molecule has 0 unspecified atom stereocenters. The molecular formula is C16H21NO5. The molecule has 0 spiro atoms. The maximum Gasteiger partial charge on any atom is 0.331 e. The first kappa shape index (κ1) is 17.6. The number of amides is 1. The van der Waals surface area contributed by atoms with Crippen molar-refractivity contribution < 1.29 is 23.8 Å². The van der Waals surface area contributed by atoms with Gasteiger partial charge in [0.1, 0.15) is 11.5 Å². The van der Waals surface area contributed by atoms with Gasteiger partial charge in [0.15, 0.2) is 6.10 Å². The van der Waals surface area contributed by atoms with Crippen LogP contribution in [0.5, 0.6) is 11.5 Å². The van der Waals surface area contributed by atoms with Crippen LogP contribution in [0, 0.1) is 0 Å². The molecule has 0 fully saturated rings. The fraction of sp³-hybridized carbons (Fsp3) is 0.375. The van der Waals surface area contributed by atoms with Crippen LogP contribution in [0.3, 0.4) is 0 Å². The van der Waals surface area contributed by atoms with E-state index in [-0.39, 0.29) is 5.91 Å². The average Bonchev–Trinajstić information content (AvgIpc) is 2.51. The lowest BCUT2D eigenvalue weighted by Crippen LogP contribution is -2.34. The highest BCUT2D eigenvalue weighted by Gasteiger charge is 2.18. The highest BCUT2D eigenvalue weighted by molar-refractivity contribution is 5.90. The second-order valence-electron chi connectivity index (χ2n) is 4.75. The monoisotopic (exact) mass is 307 g/mol.